The lowest BCUT2D eigenvalue weighted by atomic mass is 10.2. The SMILES string of the molecule is Nc1ccc2[nH]nc(C(=O)Nc3ccc(F)nc3)c2c1. The largest absolute Gasteiger partial charge is 0.399 e. The predicted octanol–water partition coefficient (Wildman–Crippen LogP) is 1.93. The Balaban J connectivity index is 1.92. The number of nitrogens with two attached hydrogens (primary N) is 1. The summed E-state index contributed by atoms with van der Waals surface area (Å²) in [6.07, 6.45) is 1.23. The molecule has 1 aromatic carbocycles. The summed E-state index contributed by atoms with van der Waals surface area (Å²) in [7, 11) is 0. The van der Waals surface area contributed by atoms with Crippen LogP contribution >= 0.6 is 0 Å². The number of benzene rings is 1. The molecular weight excluding hydrogens is 261 g/mol. The van der Waals surface area contributed by atoms with Crippen molar-refractivity contribution in [3.05, 3.63) is 48.2 Å². The number of pyridine rings is 1. The van der Waals surface area contributed by atoms with Gasteiger partial charge in [0.2, 0.25) is 5.95 Å². The van der Waals surface area contributed by atoms with Gasteiger partial charge in [-0.3, -0.25) is 9.89 Å². The minimum absolute atomic E-state index is 0.219. The highest BCUT2D eigenvalue weighted by Crippen LogP contribution is 2.19. The van der Waals surface area contributed by atoms with E-state index in [4.69, 9.17) is 5.73 Å². The number of aromatic nitrogens is 3. The zero-order valence-corrected chi connectivity index (χ0v) is 10.2. The van der Waals surface area contributed by atoms with E-state index < -0.39 is 11.9 Å². The van der Waals surface area contributed by atoms with Gasteiger partial charge in [0, 0.05) is 11.1 Å². The quantitative estimate of drug-likeness (QED) is 0.490. The van der Waals surface area contributed by atoms with Crippen molar-refractivity contribution in [1.29, 1.82) is 0 Å². The first-order chi connectivity index (χ1) is 9.63. The summed E-state index contributed by atoms with van der Waals surface area (Å²) >= 11 is 0. The number of carbonyl (C=O) groups is 1. The number of halogens is 1. The topological polar surface area (TPSA) is 96.7 Å². The number of carbonyl (C=O) groups excluding carboxylic acids is 1. The number of anilines is 2. The van der Waals surface area contributed by atoms with Crippen molar-refractivity contribution in [2.45, 2.75) is 0 Å². The smallest absolute Gasteiger partial charge is 0.276 e. The third kappa shape index (κ3) is 2.16. The first-order valence-corrected chi connectivity index (χ1v) is 5.80. The number of fused-ring (bicyclic) bond motifs is 1. The van der Waals surface area contributed by atoms with Crippen LogP contribution in [-0.4, -0.2) is 21.1 Å². The number of hydrogen-bond donors (Lipinski definition) is 3. The van der Waals surface area contributed by atoms with Crippen LogP contribution < -0.4 is 11.1 Å². The fourth-order valence-electron chi connectivity index (χ4n) is 1.84. The lowest BCUT2D eigenvalue weighted by Crippen LogP contribution is -2.13. The van der Waals surface area contributed by atoms with Gasteiger partial charge in [0.1, 0.15) is 0 Å². The van der Waals surface area contributed by atoms with Crippen molar-refractivity contribution >= 4 is 28.2 Å². The molecule has 0 saturated heterocycles. The average Bonchev–Trinajstić information content (AvgIpc) is 2.84. The zero-order chi connectivity index (χ0) is 14.1. The highest BCUT2D eigenvalue weighted by atomic mass is 19.1. The van der Waals surface area contributed by atoms with Crippen LogP contribution in [0.5, 0.6) is 0 Å². The molecule has 0 aliphatic carbocycles. The van der Waals surface area contributed by atoms with Crippen LogP contribution in [0.3, 0.4) is 0 Å². The molecule has 1 amide bonds. The van der Waals surface area contributed by atoms with Crippen molar-refractivity contribution < 1.29 is 9.18 Å². The van der Waals surface area contributed by atoms with Gasteiger partial charge in [-0.1, -0.05) is 0 Å². The second-order valence-electron chi connectivity index (χ2n) is 4.20. The molecule has 3 aromatic rings. The van der Waals surface area contributed by atoms with Gasteiger partial charge in [-0.05, 0) is 30.3 Å². The molecule has 0 radical (unpaired) electrons. The van der Waals surface area contributed by atoms with E-state index in [-0.39, 0.29) is 5.69 Å². The number of nitrogen functional groups attached to an aromatic ring is 1. The van der Waals surface area contributed by atoms with Crippen molar-refractivity contribution in [3.8, 4) is 0 Å². The van der Waals surface area contributed by atoms with Crippen LogP contribution in [0.25, 0.3) is 10.9 Å². The summed E-state index contributed by atoms with van der Waals surface area (Å²) in [6, 6.07) is 7.70. The molecule has 0 fully saturated rings. The van der Waals surface area contributed by atoms with Gasteiger partial charge in [0.15, 0.2) is 5.69 Å². The molecule has 100 valence electrons. The Morgan fingerprint density at radius 2 is 2.15 bits per heavy atom. The fourth-order valence-corrected chi connectivity index (χ4v) is 1.84. The van der Waals surface area contributed by atoms with Crippen molar-refractivity contribution in [3.63, 3.8) is 0 Å². The number of aromatic amines is 1. The maximum absolute atomic E-state index is 12.7. The molecular formula is C13H10FN5O. The summed E-state index contributed by atoms with van der Waals surface area (Å²) < 4.78 is 12.7. The number of nitrogens with one attached hydrogen (secondary N) is 2. The maximum Gasteiger partial charge on any atom is 0.276 e. The number of H-pyrrole nitrogens is 1. The van der Waals surface area contributed by atoms with E-state index in [0.717, 1.165) is 6.07 Å². The van der Waals surface area contributed by atoms with Gasteiger partial charge in [0.25, 0.3) is 5.91 Å². The molecule has 0 atom stereocenters. The summed E-state index contributed by atoms with van der Waals surface area (Å²) in [6.45, 7) is 0. The number of amides is 1. The minimum Gasteiger partial charge on any atom is -0.399 e. The fraction of sp³-hybridized carbons (Fsp3) is 0. The molecule has 6 nitrogen and oxygen atoms in total. The van der Waals surface area contributed by atoms with Gasteiger partial charge in [-0.2, -0.15) is 9.49 Å². The Labute approximate surface area is 112 Å². The van der Waals surface area contributed by atoms with E-state index in [1.54, 1.807) is 18.2 Å². The van der Waals surface area contributed by atoms with E-state index in [0.29, 0.717) is 22.3 Å². The lowest BCUT2D eigenvalue weighted by Gasteiger charge is -2.02. The van der Waals surface area contributed by atoms with Gasteiger partial charge < -0.3 is 11.1 Å². The lowest BCUT2D eigenvalue weighted by molar-refractivity contribution is 0.102. The highest BCUT2D eigenvalue weighted by Gasteiger charge is 2.14. The van der Waals surface area contributed by atoms with E-state index in [1.165, 1.54) is 12.3 Å². The van der Waals surface area contributed by atoms with Crippen molar-refractivity contribution in [1.82, 2.24) is 15.2 Å². The van der Waals surface area contributed by atoms with E-state index >= 15 is 0 Å². The Kier molecular flexibility index (Phi) is 2.79. The first kappa shape index (κ1) is 12.1. The van der Waals surface area contributed by atoms with Crippen molar-refractivity contribution in [2.75, 3.05) is 11.1 Å². The average molecular weight is 271 g/mol. The van der Waals surface area contributed by atoms with Crippen LogP contribution in [0.15, 0.2) is 36.5 Å². The summed E-state index contributed by atoms with van der Waals surface area (Å²) in [5.41, 5.74) is 7.55. The molecule has 2 aromatic heterocycles. The number of hydrogen-bond acceptors (Lipinski definition) is 4. The zero-order valence-electron chi connectivity index (χ0n) is 10.2. The van der Waals surface area contributed by atoms with Crippen LogP contribution in [-0.2, 0) is 0 Å². The molecule has 0 saturated carbocycles. The third-order valence-corrected chi connectivity index (χ3v) is 2.79. The molecule has 0 aliphatic rings. The summed E-state index contributed by atoms with van der Waals surface area (Å²) in [5.74, 6) is -1.03. The molecule has 7 heteroatoms. The van der Waals surface area contributed by atoms with E-state index in [1.807, 2.05) is 0 Å². The Morgan fingerprint density at radius 3 is 2.90 bits per heavy atom. The first-order valence-electron chi connectivity index (χ1n) is 5.80. The van der Waals surface area contributed by atoms with E-state index in [2.05, 4.69) is 20.5 Å². The predicted molar refractivity (Wildman–Crippen MR) is 72.7 cm³/mol. The molecule has 0 spiro atoms. The normalized spacial score (nSPS) is 10.7. The molecule has 0 bridgehead atoms. The van der Waals surface area contributed by atoms with Crippen molar-refractivity contribution in [2.24, 2.45) is 0 Å². The third-order valence-electron chi connectivity index (χ3n) is 2.79. The number of rotatable bonds is 2. The second-order valence-corrected chi connectivity index (χ2v) is 4.20. The molecule has 4 N–H and O–H groups in total. The minimum atomic E-state index is -0.610. The van der Waals surface area contributed by atoms with Crippen LogP contribution in [0.2, 0.25) is 0 Å². The second kappa shape index (κ2) is 4.61. The Morgan fingerprint density at radius 1 is 1.30 bits per heavy atom. The van der Waals surface area contributed by atoms with Gasteiger partial charge in [0.05, 0.1) is 17.4 Å². The number of nitrogens with zero attached hydrogens (tertiary/aromatic N) is 2. The van der Waals surface area contributed by atoms with E-state index in [9.17, 15) is 9.18 Å². The molecule has 3 rings (SSSR count). The van der Waals surface area contributed by atoms with Crippen LogP contribution in [0, 0.1) is 5.95 Å². The summed E-state index contributed by atoms with van der Waals surface area (Å²) in [5, 5.41) is 9.93. The maximum atomic E-state index is 12.7. The standard InChI is InChI=1S/C13H10FN5O/c14-11-4-2-8(6-16-11)17-13(20)12-9-5-7(15)1-3-10(9)18-19-12/h1-6H,15H2,(H,17,20)(H,18,19). The molecule has 20 heavy (non-hydrogen) atoms. The Bertz CT molecular complexity index is 781. The Hall–Kier alpha value is -2.96. The molecule has 0 aliphatic heterocycles. The monoisotopic (exact) mass is 271 g/mol. The van der Waals surface area contributed by atoms with Gasteiger partial charge in [-0.15, -0.1) is 0 Å². The highest BCUT2D eigenvalue weighted by molar-refractivity contribution is 6.11. The van der Waals surface area contributed by atoms with Crippen LogP contribution in [0.4, 0.5) is 15.8 Å². The van der Waals surface area contributed by atoms with Crippen LogP contribution in [0.1, 0.15) is 10.5 Å². The molecule has 2 heterocycles. The summed E-state index contributed by atoms with van der Waals surface area (Å²) in [4.78, 5) is 15.6. The van der Waals surface area contributed by atoms with Gasteiger partial charge >= 0.3 is 0 Å². The van der Waals surface area contributed by atoms with Gasteiger partial charge in [-0.25, -0.2) is 4.98 Å². The molecule has 0 unspecified atom stereocenters.